The maximum Gasteiger partial charge on any atom is 1.00 e. The average Bonchev–Trinajstić information content (AvgIpc) is 2.37. The van der Waals surface area contributed by atoms with E-state index in [-0.39, 0.29) is 63.3 Å². The molecule has 4 nitrogen and oxygen atoms in total. The number of carbonyl (C=O) groups excluding carboxylic acids is 1. The summed E-state index contributed by atoms with van der Waals surface area (Å²) in [7, 11) is 0. The van der Waals surface area contributed by atoms with E-state index in [1.54, 1.807) is 0 Å². The van der Waals surface area contributed by atoms with Crippen molar-refractivity contribution in [3.63, 3.8) is 0 Å². The van der Waals surface area contributed by atoms with Gasteiger partial charge in [0.05, 0.1) is 12.1 Å². The van der Waals surface area contributed by atoms with Gasteiger partial charge in [-0.1, -0.05) is 30.3 Å². The number of carbonyl (C=O) groups is 1. The van der Waals surface area contributed by atoms with E-state index in [1.165, 1.54) is 5.56 Å². The fourth-order valence-electron chi connectivity index (χ4n) is 2.01. The summed E-state index contributed by atoms with van der Waals surface area (Å²) >= 11 is 4.94. The van der Waals surface area contributed by atoms with Crippen LogP contribution in [0.3, 0.4) is 0 Å². The van der Waals surface area contributed by atoms with Crippen LogP contribution < -0.4 is 62.0 Å². The molecule has 92 valence electrons. The van der Waals surface area contributed by atoms with Gasteiger partial charge in [-0.3, -0.25) is 4.79 Å². The molecule has 1 fully saturated rings. The summed E-state index contributed by atoms with van der Waals surface area (Å²) in [6.07, 6.45) is 1.52. The van der Waals surface area contributed by atoms with Crippen LogP contribution in [0.15, 0.2) is 30.3 Å². The molecule has 19 heavy (non-hydrogen) atoms. The van der Waals surface area contributed by atoms with Crippen LogP contribution in [0.1, 0.15) is 12.0 Å². The van der Waals surface area contributed by atoms with Crippen molar-refractivity contribution in [2.75, 3.05) is 0 Å². The van der Waals surface area contributed by atoms with E-state index in [2.05, 4.69) is 10.6 Å². The number of thiocarbonyl (C=S) groups is 1. The van der Waals surface area contributed by atoms with Gasteiger partial charge in [0.15, 0.2) is 5.11 Å². The predicted molar refractivity (Wildman–Crippen MR) is 71.5 cm³/mol. The molecule has 0 saturated carbocycles. The largest absolute Gasteiger partial charge is 1.00 e. The maximum atomic E-state index is 11.6. The third-order valence-electron chi connectivity index (χ3n) is 2.96. The number of hydrogen-bond donors (Lipinski definition) is 2. The van der Waals surface area contributed by atoms with Crippen LogP contribution in [-0.2, 0) is 11.2 Å². The molecule has 1 aromatic carbocycles. The Hall–Kier alpha value is -0.294. The number of rotatable bonds is 3. The zero-order valence-electron chi connectivity index (χ0n) is 10.7. The molecule has 1 aromatic rings. The van der Waals surface area contributed by atoms with Crippen molar-refractivity contribution in [1.82, 2.24) is 10.6 Å². The van der Waals surface area contributed by atoms with Crippen LogP contribution in [0.25, 0.3) is 0 Å². The number of nitrogens with one attached hydrogen (secondary N) is 2. The number of aryl methyl sites for hydroxylation is 1. The van der Waals surface area contributed by atoms with Crippen molar-refractivity contribution in [2.24, 2.45) is 5.92 Å². The number of benzene rings is 1. The minimum Gasteiger partial charge on any atom is -0.358 e. The molecule has 1 amide bonds. The Labute approximate surface area is 160 Å². The molecule has 2 unspecified atom stereocenters. The van der Waals surface area contributed by atoms with Gasteiger partial charge in [0.2, 0.25) is 5.91 Å². The SMILES string of the molecule is N#CC1C(=O)NC(=S)NC1CCc1ccccc1.[K+]. The number of nitriles is 1. The smallest absolute Gasteiger partial charge is 0.358 e. The van der Waals surface area contributed by atoms with Crippen molar-refractivity contribution in [1.29, 1.82) is 5.26 Å². The molecule has 2 rings (SSSR count). The third kappa shape index (κ3) is 4.63. The minimum absolute atomic E-state index is 0. The summed E-state index contributed by atoms with van der Waals surface area (Å²) in [5.74, 6) is -0.986. The van der Waals surface area contributed by atoms with Crippen molar-refractivity contribution in [3.8, 4) is 6.07 Å². The number of amides is 1. The predicted octanol–water partition coefficient (Wildman–Crippen LogP) is -1.86. The van der Waals surface area contributed by atoms with Crippen molar-refractivity contribution < 1.29 is 56.2 Å². The Morgan fingerprint density at radius 2 is 2.00 bits per heavy atom. The molecule has 0 bridgehead atoms. The molecule has 2 atom stereocenters. The molecule has 1 aliphatic rings. The van der Waals surface area contributed by atoms with Crippen LogP contribution in [0, 0.1) is 17.2 Å². The molecule has 6 heteroatoms. The second kappa shape index (κ2) is 8.10. The van der Waals surface area contributed by atoms with E-state index < -0.39 is 5.92 Å². The summed E-state index contributed by atoms with van der Waals surface area (Å²) in [5, 5.41) is 14.8. The first-order chi connectivity index (χ1) is 8.70. The van der Waals surface area contributed by atoms with Crippen LogP contribution >= 0.6 is 12.2 Å². The van der Waals surface area contributed by atoms with Crippen LogP contribution in [0.4, 0.5) is 0 Å². The van der Waals surface area contributed by atoms with E-state index >= 15 is 0 Å². The maximum absolute atomic E-state index is 11.6. The molecule has 0 spiro atoms. The Kier molecular flexibility index (Phi) is 7.14. The first-order valence-electron chi connectivity index (χ1n) is 5.75. The van der Waals surface area contributed by atoms with Gasteiger partial charge < -0.3 is 10.6 Å². The quantitative estimate of drug-likeness (QED) is 0.507. The monoisotopic (exact) mass is 298 g/mol. The zero-order chi connectivity index (χ0) is 13.0. The van der Waals surface area contributed by atoms with E-state index in [1.807, 2.05) is 36.4 Å². The summed E-state index contributed by atoms with van der Waals surface area (Å²) in [6, 6.07) is 11.8. The van der Waals surface area contributed by atoms with Gasteiger partial charge in [0.1, 0.15) is 5.92 Å². The molecule has 0 aliphatic carbocycles. The average molecular weight is 298 g/mol. The van der Waals surface area contributed by atoms with Crippen LogP contribution in [-0.4, -0.2) is 17.1 Å². The summed E-state index contributed by atoms with van der Waals surface area (Å²) in [4.78, 5) is 11.6. The first-order valence-corrected chi connectivity index (χ1v) is 6.16. The molecule has 1 aliphatic heterocycles. The Balaban J connectivity index is 0.00000180. The summed E-state index contributed by atoms with van der Waals surface area (Å²) < 4.78 is 0. The summed E-state index contributed by atoms with van der Waals surface area (Å²) in [6.45, 7) is 0. The van der Waals surface area contributed by atoms with E-state index in [0.717, 1.165) is 6.42 Å². The molecule has 1 heterocycles. The van der Waals surface area contributed by atoms with Gasteiger partial charge in [-0.05, 0) is 30.6 Å². The molecular weight excluding hydrogens is 285 g/mol. The first kappa shape index (κ1) is 16.8. The third-order valence-corrected chi connectivity index (χ3v) is 3.18. The fraction of sp³-hybridized carbons (Fsp3) is 0.308. The Bertz CT molecular complexity index is 500. The number of nitrogens with zero attached hydrogens (tertiary/aromatic N) is 1. The van der Waals surface area contributed by atoms with Crippen LogP contribution in [0.5, 0.6) is 0 Å². The minimum atomic E-state index is -0.680. The van der Waals surface area contributed by atoms with Gasteiger partial charge in [0.25, 0.3) is 0 Å². The van der Waals surface area contributed by atoms with Crippen molar-refractivity contribution in [3.05, 3.63) is 35.9 Å². The Morgan fingerprint density at radius 1 is 1.32 bits per heavy atom. The summed E-state index contributed by atoms with van der Waals surface area (Å²) in [5.41, 5.74) is 1.19. The molecular formula is C13H13KN3OS+. The van der Waals surface area contributed by atoms with E-state index in [4.69, 9.17) is 17.5 Å². The van der Waals surface area contributed by atoms with Gasteiger partial charge in [-0.15, -0.1) is 0 Å². The van der Waals surface area contributed by atoms with Gasteiger partial charge in [0, 0.05) is 0 Å². The second-order valence-electron chi connectivity index (χ2n) is 4.20. The molecule has 2 N–H and O–H groups in total. The fourth-order valence-corrected chi connectivity index (χ4v) is 2.27. The van der Waals surface area contributed by atoms with E-state index in [0.29, 0.717) is 11.5 Å². The second-order valence-corrected chi connectivity index (χ2v) is 4.61. The molecule has 0 radical (unpaired) electrons. The van der Waals surface area contributed by atoms with Crippen molar-refractivity contribution >= 4 is 23.2 Å². The van der Waals surface area contributed by atoms with Gasteiger partial charge in [-0.2, -0.15) is 5.26 Å². The Morgan fingerprint density at radius 3 is 2.63 bits per heavy atom. The van der Waals surface area contributed by atoms with Gasteiger partial charge in [-0.25, -0.2) is 0 Å². The zero-order valence-corrected chi connectivity index (χ0v) is 14.7. The normalized spacial score (nSPS) is 21.6. The van der Waals surface area contributed by atoms with Crippen molar-refractivity contribution in [2.45, 2.75) is 18.9 Å². The standard InChI is InChI=1S/C13H13N3OS.K/c14-8-10-11(15-13(18)16-12(10)17)7-6-9-4-2-1-3-5-9;/h1-5,10-11H,6-7H2,(H2,15,16,17,18);/q;+1. The van der Waals surface area contributed by atoms with Gasteiger partial charge >= 0.3 is 51.4 Å². The molecule has 0 aromatic heterocycles. The number of hydrogen-bond acceptors (Lipinski definition) is 3. The molecule has 1 saturated heterocycles. The van der Waals surface area contributed by atoms with Crippen LogP contribution in [0.2, 0.25) is 0 Å². The topological polar surface area (TPSA) is 64.9 Å². The van der Waals surface area contributed by atoms with E-state index in [9.17, 15) is 4.79 Å².